The standard InChI is InChI=1S/C21H23N5O/c1-2-17-15-24(18-7-4-3-5-8-18)13-14-26(17)21(27)19-9-6-10-20(23-19)25-12-11-22-16-25/h3-12,16-17H,2,13-15H2,1H3. The van der Waals surface area contributed by atoms with Crippen molar-refractivity contribution in [2.24, 2.45) is 0 Å². The highest BCUT2D eigenvalue weighted by Crippen LogP contribution is 2.22. The summed E-state index contributed by atoms with van der Waals surface area (Å²) in [5.41, 5.74) is 1.69. The molecule has 1 amide bonds. The van der Waals surface area contributed by atoms with Crippen molar-refractivity contribution in [3.8, 4) is 5.82 Å². The maximum atomic E-state index is 13.2. The Balaban J connectivity index is 1.53. The molecule has 1 saturated heterocycles. The highest BCUT2D eigenvalue weighted by atomic mass is 16.2. The van der Waals surface area contributed by atoms with Crippen LogP contribution in [-0.2, 0) is 0 Å². The molecule has 1 aliphatic rings. The van der Waals surface area contributed by atoms with Crippen LogP contribution in [0.25, 0.3) is 5.82 Å². The van der Waals surface area contributed by atoms with E-state index in [4.69, 9.17) is 0 Å². The van der Waals surface area contributed by atoms with Gasteiger partial charge in [0.1, 0.15) is 17.8 Å². The molecule has 0 saturated carbocycles. The summed E-state index contributed by atoms with van der Waals surface area (Å²) in [6.45, 7) is 4.50. The lowest BCUT2D eigenvalue weighted by molar-refractivity contribution is 0.0645. The van der Waals surface area contributed by atoms with E-state index in [1.165, 1.54) is 5.69 Å². The number of hydrogen-bond acceptors (Lipinski definition) is 4. The van der Waals surface area contributed by atoms with Gasteiger partial charge in [0.15, 0.2) is 0 Å². The Morgan fingerprint density at radius 2 is 1.96 bits per heavy atom. The van der Waals surface area contributed by atoms with Crippen molar-refractivity contribution in [3.05, 3.63) is 72.9 Å². The van der Waals surface area contributed by atoms with Gasteiger partial charge in [0, 0.05) is 43.8 Å². The maximum absolute atomic E-state index is 13.2. The first-order valence-electron chi connectivity index (χ1n) is 9.32. The average molecular weight is 361 g/mol. The third kappa shape index (κ3) is 3.56. The molecule has 6 heteroatoms. The molecule has 138 valence electrons. The summed E-state index contributed by atoms with van der Waals surface area (Å²) in [6.07, 6.45) is 6.12. The van der Waals surface area contributed by atoms with E-state index < -0.39 is 0 Å². The van der Waals surface area contributed by atoms with Crippen molar-refractivity contribution >= 4 is 11.6 Å². The van der Waals surface area contributed by atoms with Gasteiger partial charge < -0.3 is 9.80 Å². The van der Waals surface area contributed by atoms with Gasteiger partial charge in [-0.2, -0.15) is 0 Å². The zero-order valence-corrected chi connectivity index (χ0v) is 15.4. The molecule has 3 aromatic rings. The number of carbonyl (C=O) groups excluding carboxylic acids is 1. The summed E-state index contributed by atoms with van der Waals surface area (Å²) in [4.78, 5) is 26.1. The highest BCUT2D eigenvalue weighted by molar-refractivity contribution is 5.93. The second-order valence-electron chi connectivity index (χ2n) is 6.69. The number of pyridine rings is 1. The molecule has 1 aromatic carbocycles. The zero-order chi connectivity index (χ0) is 18.6. The van der Waals surface area contributed by atoms with Gasteiger partial charge in [0.25, 0.3) is 5.91 Å². The molecule has 0 aliphatic carbocycles. The molecule has 1 atom stereocenters. The molecule has 1 unspecified atom stereocenters. The lowest BCUT2D eigenvalue weighted by atomic mass is 10.1. The number of benzene rings is 1. The van der Waals surface area contributed by atoms with E-state index in [0.29, 0.717) is 18.1 Å². The van der Waals surface area contributed by atoms with Crippen LogP contribution >= 0.6 is 0 Å². The fourth-order valence-electron chi connectivity index (χ4n) is 3.57. The number of imidazole rings is 1. The Morgan fingerprint density at radius 1 is 1.11 bits per heavy atom. The van der Waals surface area contributed by atoms with Crippen LogP contribution in [0.15, 0.2) is 67.3 Å². The Labute approximate surface area is 159 Å². The quantitative estimate of drug-likeness (QED) is 0.717. The van der Waals surface area contributed by atoms with Crippen LogP contribution in [0.1, 0.15) is 23.8 Å². The summed E-state index contributed by atoms with van der Waals surface area (Å²) in [7, 11) is 0. The third-order valence-corrected chi connectivity index (χ3v) is 5.06. The second kappa shape index (κ2) is 7.61. The minimum absolute atomic E-state index is 0.00322. The summed E-state index contributed by atoms with van der Waals surface area (Å²) >= 11 is 0. The SMILES string of the molecule is CCC1CN(c2ccccc2)CCN1C(=O)c1cccc(-n2ccnc2)n1. The lowest BCUT2D eigenvalue weighted by Gasteiger charge is -2.42. The summed E-state index contributed by atoms with van der Waals surface area (Å²) in [5.74, 6) is 0.700. The lowest BCUT2D eigenvalue weighted by Crippen LogP contribution is -2.55. The largest absolute Gasteiger partial charge is 0.368 e. The molecule has 3 heterocycles. The molecule has 1 aliphatic heterocycles. The highest BCUT2D eigenvalue weighted by Gasteiger charge is 2.30. The van der Waals surface area contributed by atoms with Gasteiger partial charge >= 0.3 is 0 Å². The topological polar surface area (TPSA) is 54.3 Å². The molecule has 4 rings (SSSR count). The van der Waals surface area contributed by atoms with E-state index in [2.05, 4.69) is 46.1 Å². The van der Waals surface area contributed by atoms with Crippen LogP contribution in [-0.4, -0.2) is 51.0 Å². The van der Waals surface area contributed by atoms with Gasteiger partial charge in [0.05, 0.1) is 0 Å². The molecule has 0 radical (unpaired) electrons. The fraction of sp³-hybridized carbons (Fsp3) is 0.286. The number of nitrogens with zero attached hydrogens (tertiary/aromatic N) is 5. The molecule has 1 fully saturated rings. The number of amides is 1. The van der Waals surface area contributed by atoms with Crippen LogP contribution in [0.2, 0.25) is 0 Å². The number of aromatic nitrogens is 3. The van der Waals surface area contributed by atoms with Gasteiger partial charge in [0.2, 0.25) is 0 Å². The fourth-order valence-corrected chi connectivity index (χ4v) is 3.57. The van der Waals surface area contributed by atoms with Crippen molar-refractivity contribution in [1.29, 1.82) is 0 Å². The van der Waals surface area contributed by atoms with E-state index >= 15 is 0 Å². The number of anilines is 1. The van der Waals surface area contributed by atoms with Gasteiger partial charge in [-0.1, -0.05) is 31.2 Å². The third-order valence-electron chi connectivity index (χ3n) is 5.06. The number of para-hydroxylation sites is 1. The van der Waals surface area contributed by atoms with Gasteiger partial charge in [-0.15, -0.1) is 0 Å². The number of hydrogen-bond donors (Lipinski definition) is 0. The van der Waals surface area contributed by atoms with Crippen LogP contribution in [0, 0.1) is 0 Å². The normalized spacial score (nSPS) is 17.1. The Kier molecular flexibility index (Phi) is 4.87. The molecule has 0 N–H and O–H groups in total. The maximum Gasteiger partial charge on any atom is 0.272 e. The molecular formula is C21H23N5O. The number of rotatable bonds is 4. The van der Waals surface area contributed by atoms with Gasteiger partial charge in [-0.05, 0) is 30.7 Å². The Bertz CT molecular complexity index is 894. The van der Waals surface area contributed by atoms with E-state index in [1.807, 2.05) is 29.3 Å². The van der Waals surface area contributed by atoms with Crippen LogP contribution < -0.4 is 4.90 Å². The van der Waals surface area contributed by atoms with E-state index in [1.54, 1.807) is 23.2 Å². The monoisotopic (exact) mass is 361 g/mol. The van der Waals surface area contributed by atoms with Crippen molar-refractivity contribution < 1.29 is 4.79 Å². The molecule has 27 heavy (non-hydrogen) atoms. The predicted octanol–water partition coefficient (Wildman–Crippen LogP) is 3.01. The van der Waals surface area contributed by atoms with Crippen molar-refractivity contribution in [3.63, 3.8) is 0 Å². The van der Waals surface area contributed by atoms with Crippen molar-refractivity contribution in [1.82, 2.24) is 19.4 Å². The van der Waals surface area contributed by atoms with Gasteiger partial charge in [-0.25, -0.2) is 9.97 Å². The first-order chi connectivity index (χ1) is 13.3. The van der Waals surface area contributed by atoms with Crippen LogP contribution in [0.5, 0.6) is 0 Å². The molecule has 6 nitrogen and oxygen atoms in total. The second-order valence-corrected chi connectivity index (χ2v) is 6.69. The van der Waals surface area contributed by atoms with E-state index in [9.17, 15) is 4.79 Å². The minimum Gasteiger partial charge on any atom is -0.368 e. The zero-order valence-electron chi connectivity index (χ0n) is 15.4. The van der Waals surface area contributed by atoms with Crippen molar-refractivity contribution in [2.75, 3.05) is 24.5 Å². The average Bonchev–Trinajstić information content (AvgIpc) is 3.28. The molecule has 0 bridgehead atoms. The summed E-state index contributed by atoms with van der Waals surface area (Å²) < 4.78 is 1.81. The smallest absolute Gasteiger partial charge is 0.272 e. The number of piperazine rings is 1. The van der Waals surface area contributed by atoms with Crippen LogP contribution in [0.3, 0.4) is 0 Å². The first-order valence-corrected chi connectivity index (χ1v) is 9.32. The number of carbonyl (C=O) groups is 1. The van der Waals surface area contributed by atoms with E-state index in [-0.39, 0.29) is 11.9 Å². The summed E-state index contributed by atoms with van der Waals surface area (Å²) in [5, 5.41) is 0. The van der Waals surface area contributed by atoms with Crippen molar-refractivity contribution in [2.45, 2.75) is 19.4 Å². The minimum atomic E-state index is -0.00322. The molecule has 2 aromatic heterocycles. The van der Waals surface area contributed by atoms with E-state index in [0.717, 1.165) is 19.5 Å². The van der Waals surface area contributed by atoms with Gasteiger partial charge in [-0.3, -0.25) is 9.36 Å². The first kappa shape index (κ1) is 17.3. The van der Waals surface area contributed by atoms with Crippen LogP contribution in [0.4, 0.5) is 5.69 Å². The Hall–Kier alpha value is -3.15. The molecule has 0 spiro atoms. The predicted molar refractivity (Wildman–Crippen MR) is 105 cm³/mol. The molecular weight excluding hydrogens is 338 g/mol. The Morgan fingerprint density at radius 3 is 2.70 bits per heavy atom. The summed E-state index contributed by atoms with van der Waals surface area (Å²) in [6, 6.07) is 16.1.